The molecule has 0 aliphatic rings. The Bertz CT molecular complexity index is 783. The van der Waals surface area contributed by atoms with Crippen LogP contribution in [0.5, 0.6) is 0 Å². The molecule has 0 N–H and O–H groups in total. The Morgan fingerprint density at radius 3 is 2.43 bits per heavy atom. The van der Waals surface area contributed by atoms with E-state index < -0.39 is 0 Å². The van der Waals surface area contributed by atoms with E-state index in [0.717, 1.165) is 16.8 Å². The van der Waals surface area contributed by atoms with Crippen LogP contribution in [0.15, 0.2) is 60.8 Å². The fourth-order valence-electron chi connectivity index (χ4n) is 2.20. The van der Waals surface area contributed by atoms with Gasteiger partial charge in [-0.15, -0.1) is 0 Å². The SMILES string of the molecule is N#CCc1nn(-c2ccc(F)cc2)cc1-c1ccccc1. The predicted molar refractivity (Wildman–Crippen MR) is 78.3 cm³/mol. The minimum atomic E-state index is -0.286. The van der Waals surface area contributed by atoms with E-state index >= 15 is 0 Å². The van der Waals surface area contributed by atoms with Crippen LogP contribution in [0.2, 0.25) is 0 Å². The van der Waals surface area contributed by atoms with E-state index in [1.807, 2.05) is 36.5 Å². The van der Waals surface area contributed by atoms with Crippen molar-refractivity contribution in [1.82, 2.24) is 9.78 Å². The number of nitriles is 1. The molecule has 0 fully saturated rings. The fourth-order valence-corrected chi connectivity index (χ4v) is 2.20. The Morgan fingerprint density at radius 1 is 1.05 bits per heavy atom. The molecule has 0 aliphatic heterocycles. The molecule has 0 unspecified atom stereocenters. The van der Waals surface area contributed by atoms with Crippen LogP contribution in [0.3, 0.4) is 0 Å². The lowest BCUT2D eigenvalue weighted by molar-refractivity contribution is 0.627. The van der Waals surface area contributed by atoms with Crippen LogP contribution in [-0.2, 0) is 6.42 Å². The van der Waals surface area contributed by atoms with Gasteiger partial charge in [0.05, 0.1) is 23.9 Å². The molecule has 0 amide bonds. The average Bonchev–Trinajstić information content (AvgIpc) is 2.93. The van der Waals surface area contributed by atoms with Gasteiger partial charge < -0.3 is 0 Å². The maximum atomic E-state index is 13.0. The van der Waals surface area contributed by atoms with Crippen LogP contribution in [0.4, 0.5) is 4.39 Å². The third-order valence-electron chi connectivity index (χ3n) is 3.21. The second kappa shape index (κ2) is 5.59. The number of hydrogen-bond donors (Lipinski definition) is 0. The summed E-state index contributed by atoms with van der Waals surface area (Å²) in [6.45, 7) is 0. The van der Waals surface area contributed by atoms with Gasteiger partial charge in [-0.05, 0) is 29.8 Å². The predicted octanol–water partition coefficient (Wildman–Crippen LogP) is 3.74. The minimum absolute atomic E-state index is 0.235. The zero-order chi connectivity index (χ0) is 14.7. The van der Waals surface area contributed by atoms with Gasteiger partial charge in [0.1, 0.15) is 5.82 Å². The first-order valence-electron chi connectivity index (χ1n) is 6.55. The maximum absolute atomic E-state index is 13.0. The molecule has 2 aromatic carbocycles. The topological polar surface area (TPSA) is 41.6 Å². The first-order valence-corrected chi connectivity index (χ1v) is 6.55. The molecule has 3 rings (SSSR count). The highest BCUT2D eigenvalue weighted by Crippen LogP contribution is 2.24. The number of rotatable bonds is 3. The van der Waals surface area contributed by atoms with Crippen LogP contribution in [0.25, 0.3) is 16.8 Å². The normalized spacial score (nSPS) is 10.3. The molecule has 4 heteroatoms. The van der Waals surface area contributed by atoms with Crippen LogP contribution >= 0.6 is 0 Å². The molecule has 0 radical (unpaired) electrons. The molecule has 21 heavy (non-hydrogen) atoms. The minimum Gasteiger partial charge on any atom is -0.240 e. The largest absolute Gasteiger partial charge is 0.240 e. The second-order valence-electron chi connectivity index (χ2n) is 4.61. The quantitative estimate of drug-likeness (QED) is 0.731. The average molecular weight is 277 g/mol. The lowest BCUT2D eigenvalue weighted by Crippen LogP contribution is -1.95. The summed E-state index contributed by atoms with van der Waals surface area (Å²) in [5.41, 5.74) is 3.41. The van der Waals surface area contributed by atoms with E-state index in [1.54, 1.807) is 16.8 Å². The van der Waals surface area contributed by atoms with Gasteiger partial charge >= 0.3 is 0 Å². The summed E-state index contributed by atoms with van der Waals surface area (Å²) in [7, 11) is 0. The summed E-state index contributed by atoms with van der Waals surface area (Å²) < 4.78 is 14.7. The Morgan fingerprint density at radius 2 is 1.76 bits per heavy atom. The molecule has 0 bridgehead atoms. The summed E-state index contributed by atoms with van der Waals surface area (Å²) >= 11 is 0. The van der Waals surface area contributed by atoms with E-state index in [1.165, 1.54) is 12.1 Å². The molecule has 3 nitrogen and oxygen atoms in total. The highest BCUT2D eigenvalue weighted by molar-refractivity contribution is 5.66. The zero-order valence-corrected chi connectivity index (χ0v) is 11.2. The summed E-state index contributed by atoms with van der Waals surface area (Å²) in [5, 5.41) is 13.4. The van der Waals surface area contributed by atoms with Crippen molar-refractivity contribution in [3.05, 3.63) is 72.3 Å². The summed E-state index contributed by atoms with van der Waals surface area (Å²) in [4.78, 5) is 0. The van der Waals surface area contributed by atoms with Gasteiger partial charge in [-0.25, -0.2) is 9.07 Å². The van der Waals surface area contributed by atoms with E-state index in [4.69, 9.17) is 5.26 Å². The molecule has 0 saturated carbocycles. The standard InChI is InChI=1S/C17H12FN3/c18-14-6-8-15(9-7-14)21-12-16(17(20-21)10-11-19)13-4-2-1-3-5-13/h1-9,12H,10H2. The third-order valence-corrected chi connectivity index (χ3v) is 3.21. The molecule has 0 spiro atoms. The van der Waals surface area contributed by atoms with Gasteiger partial charge in [-0.3, -0.25) is 0 Å². The van der Waals surface area contributed by atoms with Crippen LogP contribution in [0, 0.1) is 17.1 Å². The van der Waals surface area contributed by atoms with Crippen molar-refractivity contribution in [1.29, 1.82) is 5.26 Å². The molecule has 1 heterocycles. The highest BCUT2D eigenvalue weighted by atomic mass is 19.1. The molecule has 0 aliphatic carbocycles. The summed E-state index contributed by atoms with van der Waals surface area (Å²) in [5.74, 6) is -0.286. The number of benzene rings is 2. The van der Waals surface area contributed by atoms with E-state index in [9.17, 15) is 4.39 Å². The Kier molecular flexibility index (Phi) is 3.48. The molecule has 0 atom stereocenters. The van der Waals surface area contributed by atoms with Crippen molar-refractivity contribution >= 4 is 0 Å². The Balaban J connectivity index is 2.09. The van der Waals surface area contributed by atoms with E-state index in [2.05, 4.69) is 11.2 Å². The van der Waals surface area contributed by atoms with Crippen molar-refractivity contribution in [3.8, 4) is 22.9 Å². The van der Waals surface area contributed by atoms with Gasteiger partial charge in [0.2, 0.25) is 0 Å². The van der Waals surface area contributed by atoms with E-state index in [-0.39, 0.29) is 12.2 Å². The Hall–Kier alpha value is -2.93. The molecular weight excluding hydrogens is 265 g/mol. The number of halogens is 1. The molecule has 3 aromatic rings. The van der Waals surface area contributed by atoms with E-state index in [0.29, 0.717) is 5.69 Å². The number of nitrogens with zero attached hydrogens (tertiary/aromatic N) is 3. The van der Waals surface area contributed by atoms with Gasteiger partial charge in [0.15, 0.2) is 0 Å². The molecule has 102 valence electrons. The van der Waals surface area contributed by atoms with Gasteiger partial charge in [0.25, 0.3) is 0 Å². The molecule has 1 aromatic heterocycles. The zero-order valence-electron chi connectivity index (χ0n) is 11.2. The van der Waals surface area contributed by atoms with Crippen molar-refractivity contribution in [2.45, 2.75) is 6.42 Å². The number of aromatic nitrogens is 2. The monoisotopic (exact) mass is 277 g/mol. The first kappa shape index (κ1) is 13.1. The number of hydrogen-bond acceptors (Lipinski definition) is 2. The Labute approximate surface area is 121 Å². The van der Waals surface area contributed by atoms with Gasteiger partial charge in [-0.1, -0.05) is 30.3 Å². The lowest BCUT2D eigenvalue weighted by atomic mass is 10.1. The molecular formula is C17H12FN3. The van der Waals surface area contributed by atoms with Gasteiger partial charge in [-0.2, -0.15) is 10.4 Å². The lowest BCUT2D eigenvalue weighted by Gasteiger charge is -2.00. The van der Waals surface area contributed by atoms with Crippen molar-refractivity contribution in [2.75, 3.05) is 0 Å². The maximum Gasteiger partial charge on any atom is 0.123 e. The first-order chi connectivity index (χ1) is 10.3. The van der Waals surface area contributed by atoms with Gasteiger partial charge in [0, 0.05) is 11.8 Å². The van der Waals surface area contributed by atoms with Crippen LogP contribution < -0.4 is 0 Å². The summed E-state index contributed by atoms with van der Waals surface area (Å²) in [6, 6.07) is 18.0. The smallest absolute Gasteiger partial charge is 0.123 e. The van der Waals surface area contributed by atoms with Crippen molar-refractivity contribution < 1.29 is 4.39 Å². The fraction of sp³-hybridized carbons (Fsp3) is 0.0588. The van der Waals surface area contributed by atoms with Crippen LogP contribution in [0.1, 0.15) is 5.69 Å². The summed E-state index contributed by atoms with van der Waals surface area (Å²) in [6.07, 6.45) is 2.10. The highest BCUT2D eigenvalue weighted by Gasteiger charge is 2.11. The van der Waals surface area contributed by atoms with Crippen molar-refractivity contribution in [2.24, 2.45) is 0 Å². The second-order valence-corrected chi connectivity index (χ2v) is 4.61. The third kappa shape index (κ3) is 2.67. The molecule has 0 saturated heterocycles. The van der Waals surface area contributed by atoms with Crippen LogP contribution in [-0.4, -0.2) is 9.78 Å². The van der Waals surface area contributed by atoms with Crippen molar-refractivity contribution in [3.63, 3.8) is 0 Å².